The van der Waals surface area contributed by atoms with Gasteiger partial charge in [-0.2, -0.15) is 0 Å². The number of aromatic nitrogens is 1. The molecule has 1 aromatic heterocycles. The number of nitrogens with zero attached hydrogens (tertiary/aromatic N) is 1. The molecular formula is C18H17N3O2. The summed E-state index contributed by atoms with van der Waals surface area (Å²) in [7, 11) is 0. The number of fused-ring (bicyclic) bond motifs is 1. The van der Waals surface area contributed by atoms with Crippen LogP contribution in [0.1, 0.15) is 0 Å². The third-order valence-electron chi connectivity index (χ3n) is 3.28. The molecule has 23 heavy (non-hydrogen) atoms. The van der Waals surface area contributed by atoms with Gasteiger partial charge in [-0.3, -0.25) is 4.98 Å². The van der Waals surface area contributed by atoms with Crippen molar-refractivity contribution in [2.24, 2.45) is 0 Å². The van der Waals surface area contributed by atoms with Gasteiger partial charge in [-0.1, -0.05) is 36.4 Å². The zero-order valence-corrected chi connectivity index (χ0v) is 12.5. The van der Waals surface area contributed by atoms with Crippen LogP contribution in [0.5, 0.6) is 5.75 Å². The maximum absolute atomic E-state index is 12.0. The average molecular weight is 307 g/mol. The van der Waals surface area contributed by atoms with E-state index in [0.717, 1.165) is 16.7 Å². The quantitative estimate of drug-likeness (QED) is 0.710. The molecule has 3 aromatic rings. The van der Waals surface area contributed by atoms with Crippen molar-refractivity contribution in [2.75, 3.05) is 18.5 Å². The second kappa shape index (κ2) is 7.26. The van der Waals surface area contributed by atoms with Crippen molar-refractivity contribution in [1.82, 2.24) is 10.3 Å². The lowest BCUT2D eigenvalue weighted by atomic mass is 10.2. The van der Waals surface area contributed by atoms with Gasteiger partial charge in [0.05, 0.1) is 17.7 Å². The van der Waals surface area contributed by atoms with Crippen LogP contribution in [0.15, 0.2) is 66.9 Å². The molecule has 0 fully saturated rings. The maximum atomic E-state index is 12.0. The van der Waals surface area contributed by atoms with Crippen molar-refractivity contribution >= 4 is 22.6 Å². The van der Waals surface area contributed by atoms with E-state index in [1.807, 2.05) is 60.7 Å². The molecule has 116 valence electrons. The topological polar surface area (TPSA) is 63.2 Å². The van der Waals surface area contributed by atoms with Crippen molar-refractivity contribution in [3.63, 3.8) is 0 Å². The summed E-state index contributed by atoms with van der Waals surface area (Å²) in [4.78, 5) is 16.3. The van der Waals surface area contributed by atoms with E-state index in [9.17, 15) is 4.79 Å². The summed E-state index contributed by atoms with van der Waals surface area (Å²) in [5.41, 5.74) is 1.45. The van der Waals surface area contributed by atoms with Gasteiger partial charge in [-0.05, 0) is 24.3 Å². The van der Waals surface area contributed by atoms with Crippen LogP contribution in [-0.2, 0) is 0 Å². The lowest BCUT2D eigenvalue weighted by Gasteiger charge is -2.10. The van der Waals surface area contributed by atoms with E-state index in [4.69, 9.17) is 4.74 Å². The molecule has 5 heteroatoms. The second-order valence-electron chi connectivity index (χ2n) is 4.92. The first kappa shape index (κ1) is 14.8. The molecule has 0 aliphatic carbocycles. The average Bonchev–Trinajstić information content (AvgIpc) is 2.60. The largest absolute Gasteiger partial charge is 0.492 e. The summed E-state index contributed by atoms with van der Waals surface area (Å²) in [5.74, 6) is 0.785. The molecule has 2 N–H and O–H groups in total. The highest BCUT2D eigenvalue weighted by Crippen LogP contribution is 2.20. The molecule has 0 spiro atoms. The van der Waals surface area contributed by atoms with Gasteiger partial charge in [0.15, 0.2) is 0 Å². The maximum Gasteiger partial charge on any atom is 0.319 e. The molecular weight excluding hydrogens is 290 g/mol. The van der Waals surface area contributed by atoms with Crippen molar-refractivity contribution in [1.29, 1.82) is 0 Å². The van der Waals surface area contributed by atoms with Crippen molar-refractivity contribution in [2.45, 2.75) is 0 Å². The van der Waals surface area contributed by atoms with Crippen LogP contribution < -0.4 is 15.4 Å². The van der Waals surface area contributed by atoms with Gasteiger partial charge < -0.3 is 15.4 Å². The Hall–Kier alpha value is -3.08. The van der Waals surface area contributed by atoms with E-state index in [2.05, 4.69) is 15.6 Å². The van der Waals surface area contributed by atoms with Gasteiger partial charge >= 0.3 is 6.03 Å². The number of urea groups is 1. The van der Waals surface area contributed by atoms with Crippen LogP contribution >= 0.6 is 0 Å². The third-order valence-corrected chi connectivity index (χ3v) is 3.28. The Bertz CT molecular complexity index is 785. The van der Waals surface area contributed by atoms with E-state index in [0.29, 0.717) is 18.8 Å². The van der Waals surface area contributed by atoms with Crippen LogP contribution in [-0.4, -0.2) is 24.2 Å². The summed E-state index contributed by atoms with van der Waals surface area (Å²) in [5, 5.41) is 6.56. The number of benzene rings is 2. The van der Waals surface area contributed by atoms with Gasteiger partial charge in [0.1, 0.15) is 12.4 Å². The number of pyridine rings is 1. The third kappa shape index (κ3) is 3.97. The van der Waals surface area contributed by atoms with Crippen molar-refractivity contribution in [3.05, 3.63) is 66.9 Å². The first-order valence-corrected chi connectivity index (χ1v) is 7.39. The Morgan fingerprint density at radius 1 is 1.00 bits per heavy atom. The molecule has 2 amide bonds. The minimum absolute atomic E-state index is 0.278. The Morgan fingerprint density at radius 2 is 1.83 bits per heavy atom. The van der Waals surface area contributed by atoms with Gasteiger partial charge in [-0.25, -0.2) is 4.79 Å². The number of nitrogens with one attached hydrogen (secondary N) is 2. The van der Waals surface area contributed by atoms with Gasteiger partial charge in [-0.15, -0.1) is 0 Å². The highest BCUT2D eigenvalue weighted by Gasteiger charge is 2.05. The molecule has 3 rings (SSSR count). The summed E-state index contributed by atoms with van der Waals surface area (Å²) >= 11 is 0. The number of amides is 2. The number of ether oxygens (including phenoxy) is 1. The fraction of sp³-hybridized carbons (Fsp3) is 0.111. The minimum atomic E-state index is -0.278. The number of para-hydroxylation sites is 2. The Balaban J connectivity index is 1.51. The Morgan fingerprint density at radius 3 is 2.70 bits per heavy atom. The number of hydrogen-bond acceptors (Lipinski definition) is 3. The molecule has 5 nitrogen and oxygen atoms in total. The molecule has 0 saturated heterocycles. The number of hydrogen-bond donors (Lipinski definition) is 2. The fourth-order valence-corrected chi connectivity index (χ4v) is 2.22. The lowest BCUT2D eigenvalue weighted by Crippen LogP contribution is -2.32. The molecule has 0 bridgehead atoms. The molecule has 0 saturated carbocycles. The molecule has 2 aromatic carbocycles. The lowest BCUT2D eigenvalue weighted by molar-refractivity contribution is 0.247. The second-order valence-corrected chi connectivity index (χ2v) is 4.92. The first-order chi connectivity index (χ1) is 11.3. The summed E-state index contributed by atoms with van der Waals surface area (Å²) in [6.07, 6.45) is 1.71. The molecule has 0 aliphatic rings. The predicted molar refractivity (Wildman–Crippen MR) is 90.7 cm³/mol. The molecule has 0 aliphatic heterocycles. The van der Waals surface area contributed by atoms with Crippen LogP contribution in [0.2, 0.25) is 0 Å². The SMILES string of the molecule is O=C(NCCOc1ccccc1)Nc1cccc2cccnc12. The molecule has 1 heterocycles. The summed E-state index contributed by atoms with van der Waals surface area (Å²) in [6.45, 7) is 0.824. The number of anilines is 1. The smallest absolute Gasteiger partial charge is 0.319 e. The van der Waals surface area contributed by atoms with Gasteiger partial charge in [0.25, 0.3) is 0 Å². The predicted octanol–water partition coefficient (Wildman–Crippen LogP) is 3.44. The number of carbonyl (C=O) groups is 1. The standard InChI is InChI=1S/C18H17N3O2/c22-18(20-12-13-23-15-8-2-1-3-9-15)21-16-10-4-6-14-7-5-11-19-17(14)16/h1-11H,12-13H2,(H2,20,21,22). The molecule has 0 radical (unpaired) electrons. The normalized spacial score (nSPS) is 10.3. The monoisotopic (exact) mass is 307 g/mol. The highest BCUT2D eigenvalue weighted by molar-refractivity contribution is 5.99. The molecule has 0 atom stereocenters. The van der Waals surface area contributed by atoms with Gasteiger partial charge in [0, 0.05) is 11.6 Å². The van der Waals surface area contributed by atoms with Crippen LogP contribution in [0.3, 0.4) is 0 Å². The summed E-state index contributed by atoms with van der Waals surface area (Å²) < 4.78 is 5.52. The van der Waals surface area contributed by atoms with Crippen molar-refractivity contribution < 1.29 is 9.53 Å². The van der Waals surface area contributed by atoms with Crippen LogP contribution in [0.4, 0.5) is 10.5 Å². The zero-order chi connectivity index (χ0) is 15.9. The number of rotatable bonds is 5. The van der Waals surface area contributed by atoms with Crippen LogP contribution in [0.25, 0.3) is 10.9 Å². The first-order valence-electron chi connectivity index (χ1n) is 7.39. The van der Waals surface area contributed by atoms with E-state index >= 15 is 0 Å². The minimum Gasteiger partial charge on any atom is -0.492 e. The fourth-order valence-electron chi connectivity index (χ4n) is 2.22. The van der Waals surface area contributed by atoms with Gasteiger partial charge in [0.2, 0.25) is 0 Å². The molecule has 0 unspecified atom stereocenters. The summed E-state index contributed by atoms with van der Waals surface area (Å²) in [6, 6.07) is 18.7. The van der Waals surface area contributed by atoms with E-state index in [-0.39, 0.29) is 6.03 Å². The van der Waals surface area contributed by atoms with E-state index < -0.39 is 0 Å². The highest BCUT2D eigenvalue weighted by atomic mass is 16.5. The Kier molecular flexibility index (Phi) is 4.69. The Labute approximate surface area is 134 Å². The van der Waals surface area contributed by atoms with E-state index in [1.54, 1.807) is 6.20 Å². The number of carbonyl (C=O) groups excluding carboxylic acids is 1. The van der Waals surface area contributed by atoms with Crippen molar-refractivity contribution in [3.8, 4) is 5.75 Å². The van der Waals surface area contributed by atoms with E-state index in [1.165, 1.54) is 0 Å². The van der Waals surface area contributed by atoms with Crippen LogP contribution in [0, 0.1) is 0 Å². The zero-order valence-electron chi connectivity index (χ0n) is 12.5.